The Bertz CT molecular complexity index is 755. The van der Waals surface area contributed by atoms with E-state index < -0.39 is 5.97 Å². The summed E-state index contributed by atoms with van der Waals surface area (Å²) in [5.74, 6) is 1.23. The first kappa shape index (κ1) is 20.7. The van der Waals surface area contributed by atoms with E-state index in [0.717, 1.165) is 22.3 Å². The molecule has 0 saturated heterocycles. The number of methoxy groups -OCH3 is 1. The number of hydrogen-bond acceptors (Lipinski definition) is 6. The van der Waals surface area contributed by atoms with Crippen molar-refractivity contribution in [2.45, 2.75) is 6.92 Å². The Balaban J connectivity index is 1.55. The van der Waals surface area contributed by atoms with Crippen molar-refractivity contribution in [2.75, 3.05) is 46.8 Å². The van der Waals surface area contributed by atoms with Crippen LogP contribution in [0.5, 0.6) is 11.5 Å². The van der Waals surface area contributed by atoms with Gasteiger partial charge in [-0.2, -0.15) is 0 Å². The maximum Gasteiger partial charge on any atom is 0.333 e. The summed E-state index contributed by atoms with van der Waals surface area (Å²) in [5, 5.41) is 2.19. The highest BCUT2D eigenvalue weighted by Crippen LogP contribution is 2.24. The van der Waals surface area contributed by atoms with Crippen LogP contribution in [0.2, 0.25) is 0 Å². The number of benzene rings is 2. The van der Waals surface area contributed by atoms with Crippen molar-refractivity contribution >= 4 is 16.7 Å². The van der Waals surface area contributed by atoms with Crippen LogP contribution >= 0.6 is 0 Å². The average Bonchev–Trinajstić information content (AvgIpc) is 2.68. The fraction of sp³-hybridized carbons (Fsp3) is 0.381. The van der Waals surface area contributed by atoms with E-state index in [0.29, 0.717) is 38.6 Å². The third-order valence-electron chi connectivity index (χ3n) is 3.70. The molecule has 0 aromatic heterocycles. The highest BCUT2D eigenvalue weighted by atomic mass is 16.6. The zero-order valence-corrected chi connectivity index (χ0v) is 15.9. The summed E-state index contributed by atoms with van der Waals surface area (Å²) in [7, 11) is 1.65. The molecule has 0 aliphatic heterocycles. The molecule has 0 aliphatic rings. The van der Waals surface area contributed by atoms with Crippen LogP contribution in [0.25, 0.3) is 10.8 Å². The molecule has 0 bridgehead atoms. The van der Waals surface area contributed by atoms with Crippen molar-refractivity contribution in [2.24, 2.45) is 0 Å². The van der Waals surface area contributed by atoms with Gasteiger partial charge in [0, 0.05) is 5.57 Å². The lowest BCUT2D eigenvalue weighted by molar-refractivity contribution is -0.140. The molecule has 0 aliphatic carbocycles. The van der Waals surface area contributed by atoms with E-state index in [1.165, 1.54) is 0 Å². The zero-order valence-electron chi connectivity index (χ0n) is 15.9. The minimum Gasteiger partial charge on any atom is -0.497 e. The van der Waals surface area contributed by atoms with Crippen molar-refractivity contribution in [1.82, 2.24) is 0 Å². The first-order chi connectivity index (χ1) is 13.1. The van der Waals surface area contributed by atoms with Crippen molar-refractivity contribution in [3.63, 3.8) is 0 Å². The summed E-state index contributed by atoms with van der Waals surface area (Å²) in [6, 6.07) is 11.8. The Morgan fingerprint density at radius 1 is 0.852 bits per heavy atom. The minimum absolute atomic E-state index is 0.211. The molecule has 6 nitrogen and oxygen atoms in total. The molecule has 0 atom stereocenters. The SMILES string of the molecule is C=C(C)C(=O)OCCOCCOCCOc1ccc2cc(OC)ccc2c1. The van der Waals surface area contributed by atoms with Crippen molar-refractivity contribution in [3.8, 4) is 11.5 Å². The van der Waals surface area contributed by atoms with Gasteiger partial charge in [-0.25, -0.2) is 4.79 Å². The van der Waals surface area contributed by atoms with Crippen LogP contribution in [0, 0.1) is 0 Å². The molecule has 0 N–H and O–H groups in total. The lowest BCUT2D eigenvalue weighted by Gasteiger charge is -2.09. The quantitative estimate of drug-likeness (QED) is 0.322. The van der Waals surface area contributed by atoms with E-state index in [1.807, 2.05) is 36.4 Å². The minimum atomic E-state index is -0.403. The van der Waals surface area contributed by atoms with E-state index in [9.17, 15) is 4.79 Å². The second kappa shape index (κ2) is 11.2. The summed E-state index contributed by atoms with van der Waals surface area (Å²) in [4.78, 5) is 11.1. The lowest BCUT2D eigenvalue weighted by atomic mass is 10.1. The van der Waals surface area contributed by atoms with Gasteiger partial charge in [-0.15, -0.1) is 0 Å². The lowest BCUT2D eigenvalue weighted by Crippen LogP contribution is -2.14. The fourth-order valence-electron chi connectivity index (χ4n) is 2.28. The van der Waals surface area contributed by atoms with Gasteiger partial charge in [-0.3, -0.25) is 0 Å². The maximum atomic E-state index is 11.1. The number of rotatable bonds is 12. The number of esters is 1. The molecule has 146 valence electrons. The van der Waals surface area contributed by atoms with Gasteiger partial charge in [0.1, 0.15) is 24.7 Å². The highest BCUT2D eigenvalue weighted by Gasteiger charge is 2.02. The van der Waals surface area contributed by atoms with Crippen LogP contribution in [0.4, 0.5) is 0 Å². The van der Waals surface area contributed by atoms with Crippen LogP contribution in [-0.2, 0) is 19.0 Å². The van der Waals surface area contributed by atoms with Gasteiger partial charge in [0.05, 0.1) is 33.5 Å². The van der Waals surface area contributed by atoms with Crippen molar-refractivity contribution in [1.29, 1.82) is 0 Å². The summed E-state index contributed by atoms with van der Waals surface area (Å²) in [6.07, 6.45) is 0. The molecule has 0 spiro atoms. The van der Waals surface area contributed by atoms with Gasteiger partial charge >= 0.3 is 5.97 Å². The molecule has 2 rings (SSSR count). The van der Waals surface area contributed by atoms with E-state index in [1.54, 1.807) is 14.0 Å². The van der Waals surface area contributed by atoms with Gasteiger partial charge in [-0.1, -0.05) is 18.7 Å². The van der Waals surface area contributed by atoms with Crippen LogP contribution in [0.3, 0.4) is 0 Å². The number of fused-ring (bicyclic) bond motifs is 1. The Hall–Kier alpha value is -2.57. The van der Waals surface area contributed by atoms with Crippen LogP contribution in [-0.4, -0.2) is 52.7 Å². The Kier molecular flexibility index (Phi) is 8.61. The van der Waals surface area contributed by atoms with E-state index >= 15 is 0 Å². The first-order valence-electron chi connectivity index (χ1n) is 8.79. The molecule has 2 aromatic carbocycles. The monoisotopic (exact) mass is 374 g/mol. The van der Waals surface area contributed by atoms with Crippen molar-refractivity contribution < 1.29 is 28.5 Å². The van der Waals surface area contributed by atoms with Crippen LogP contribution in [0.15, 0.2) is 48.6 Å². The topological polar surface area (TPSA) is 63.2 Å². The third-order valence-corrected chi connectivity index (χ3v) is 3.70. The predicted octanol–water partition coefficient (Wildman–Crippen LogP) is 3.38. The maximum absolute atomic E-state index is 11.1. The summed E-state index contributed by atoms with van der Waals surface area (Å²) in [5.41, 5.74) is 0.379. The van der Waals surface area contributed by atoms with Gasteiger partial charge in [-0.05, 0) is 42.0 Å². The number of carbonyl (C=O) groups excluding carboxylic acids is 1. The standard InChI is InChI=1S/C21H26O6/c1-16(2)21(22)27-13-11-25-9-8-24-10-12-26-20-7-5-17-14-19(23-3)6-4-18(17)15-20/h4-7,14-15H,1,8-13H2,2-3H3. The molecular weight excluding hydrogens is 348 g/mol. The third kappa shape index (κ3) is 7.29. The Morgan fingerprint density at radius 2 is 1.41 bits per heavy atom. The highest BCUT2D eigenvalue weighted by molar-refractivity contribution is 5.87. The van der Waals surface area contributed by atoms with E-state index in [2.05, 4.69) is 6.58 Å². The molecule has 0 unspecified atom stereocenters. The summed E-state index contributed by atoms with van der Waals surface area (Å²) in [6.45, 7) is 7.46. The molecule has 0 radical (unpaired) electrons. The number of ether oxygens (including phenoxy) is 5. The summed E-state index contributed by atoms with van der Waals surface area (Å²) >= 11 is 0. The second-order valence-electron chi connectivity index (χ2n) is 5.86. The van der Waals surface area contributed by atoms with Gasteiger partial charge in [0.15, 0.2) is 0 Å². The predicted molar refractivity (Wildman–Crippen MR) is 103 cm³/mol. The largest absolute Gasteiger partial charge is 0.497 e. The average molecular weight is 374 g/mol. The van der Waals surface area contributed by atoms with Gasteiger partial charge < -0.3 is 23.7 Å². The number of hydrogen-bond donors (Lipinski definition) is 0. The van der Waals surface area contributed by atoms with Gasteiger partial charge in [0.25, 0.3) is 0 Å². The normalized spacial score (nSPS) is 10.6. The molecule has 0 amide bonds. The van der Waals surface area contributed by atoms with E-state index in [-0.39, 0.29) is 6.61 Å². The fourth-order valence-corrected chi connectivity index (χ4v) is 2.28. The van der Waals surface area contributed by atoms with Crippen LogP contribution < -0.4 is 9.47 Å². The Labute approximate surface area is 159 Å². The van der Waals surface area contributed by atoms with E-state index in [4.69, 9.17) is 23.7 Å². The van der Waals surface area contributed by atoms with Gasteiger partial charge in [0.2, 0.25) is 0 Å². The van der Waals surface area contributed by atoms with Crippen LogP contribution in [0.1, 0.15) is 6.92 Å². The molecule has 0 saturated carbocycles. The molecule has 0 heterocycles. The molecular formula is C21H26O6. The molecule has 2 aromatic rings. The molecule has 0 fully saturated rings. The molecule has 6 heteroatoms. The second-order valence-corrected chi connectivity index (χ2v) is 5.86. The molecule has 27 heavy (non-hydrogen) atoms. The summed E-state index contributed by atoms with van der Waals surface area (Å²) < 4.78 is 26.6. The smallest absolute Gasteiger partial charge is 0.333 e. The zero-order chi connectivity index (χ0) is 19.5. The van der Waals surface area contributed by atoms with Crippen molar-refractivity contribution in [3.05, 3.63) is 48.6 Å². The number of carbonyl (C=O) groups is 1. The Morgan fingerprint density at radius 3 is 2.04 bits per heavy atom. The first-order valence-corrected chi connectivity index (χ1v) is 8.79.